The summed E-state index contributed by atoms with van der Waals surface area (Å²) in [5.74, 6) is 0.181. The van der Waals surface area contributed by atoms with Crippen LogP contribution in [0.2, 0.25) is 0 Å². The molecule has 3 atom stereocenters. The van der Waals surface area contributed by atoms with Crippen LogP contribution in [0.25, 0.3) is 16.5 Å². The lowest BCUT2D eigenvalue weighted by Crippen LogP contribution is -2.44. The van der Waals surface area contributed by atoms with Gasteiger partial charge in [-0.15, -0.1) is 0 Å². The summed E-state index contributed by atoms with van der Waals surface area (Å²) in [5.41, 5.74) is 12.4. The lowest BCUT2D eigenvalue weighted by molar-refractivity contribution is -0.525. The molecule has 3 N–H and O–H groups in total. The van der Waals surface area contributed by atoms with Gasteiger partial charge in [-0.1, -0.05) is 30.6 Å². The summed E-state index contributed by atoms with van der Waals surface area (Å²) in [4.78, 5) is 29.8. The van der Waals surface area contributed by atoms with E-state index in [2.05, 4.69) is 66.0 Å². The van der Waals surface area contributed by atoms with Gasteiger partial charge in [0.15, 0.2) is 5.03 Å². The van der Waals surface area contributed by atoms with Crippen LogP contribution in [0.3, 0.4) is 0 Å². The molecule has 0 amide bonds. The average molecular weight is 453 g/mol. The molecule has 2 aliphatic rings. The smallest absolute Gasteiger partial charge is 0.251 e. The molecule has 176 valence electrons. The van der Waals surface area contributed by atoms with Gasteiger partial charge in [-0.25, -0.2) is 15.1 Å². The highest BCUT2D eigenvalue weighted by atomic mass is 16.7. The van der Waals surface area contributed by atoms with Crippen LogP contribution < -0.4 is 11.2 Å². The van der Waals surface area contributed by atoms with Gasteiger partial charge in [-0.3, -0.25) is 9.69 Å². The number of carbonyl (C=O) groups excluding carboxylic acids is 1. The number of fused-ring (bicyclic) bond motifs is 2. The molecule has 0 spiro atoms. The second-order valence-electron chi connectivity index (χ2n) is 9.41. The number of Topliss-reactive ketones (excluding diaryl/α,β-unsaturated/α-hetero) is 1. The lowest BCUT2D eigenvalue weighted by atomic mass is 9.78. The molecule has 1 aliphatic heterocycles. The van der Waals surface area contributed by atoms with E-state index in [9.17, 15) is 14.9 Å². The Morgan fingerprint density at radius 1 is 1.39 bits per heavy atom. The van der Waals surface area contributed by atoms with Crippen molar-refractivity contribution in [2.24, 2.45) is 29.6 Å². The van der Waals surface area contributed by atoms with Gasteiger partial charge in [0, 0.05) is 55.6 Å². The molecule has 0 radical (unpaired) electrons. The molecule has 9 heteroatoms. The van der Waals surface area contributed by atoms with Crippen molar-refractivity contribution >= 4 is 28.2 Å². The number of nitro groups is 1. The Morgan fingerprint density at radius 3 is 2.94 bits per heavy atom. The largest absolute Gasteiger partial charge is 0.365 e. The Balaban J connectivity index is 1.42. The highest BCUT2D eigenvalue weighted by Crippen LogP contribution is 2.41. The summed E-state index contributed by atoms with van der Waals surface area (Å²) in [6.45, 7) is 3.21. The summed E-state index contributed by atoms with van der Waals surface area (Å²) < 4.78 is 2.20. The minimum atomic E-state index is -0.730. The van der Waals surface area contributed by atoms with E-state index in [0.29, 0.717) is 19.0 Å². The number of hydrazine groups is 1. The summed E-state index contributed by atoms with van der Waals surface area (Å²) in [7, 11) is 4.21. The van der Waals surface area contributed by atoms with E-state index in [4.69, 9.17) is 5.73 Å². The maximum atomic E-state index is 13.2. The molecule has 1 aliphatic carbocycles. The molecule has 0 saturated carbocycles. The fourth-order valence-electron chi connectivity index (χ4n) is 5.29. The third-order valence-corrected chi connectivity index (χ3v) is 6.88. The van der Waals surface area contributed by atoms with E-state index < -0.39 is 5.03 Å². The van der Waals surface area contributed by atoms with Crippen molar-refractivity contribution < 1.29 is 9.83 Å². The van der Waals surface area contributed by atoms with Gasteiger partial charge >= 0.3 is 0 Å². The van der Waals surface area contributed by atoms with Crippen LogP contribution in [0.5, 0.6) is 0 Å². The molecule has 0 bridgehead atoms. The van der Waals surface area contributed by atoms with Gasteiger partial charge in [0.2, 0.25) is 0 Å². The molecule has 1 aromatic heterocycles. The van der Waals surface area contributed by atoms with E-state index in [0.717, 1.165) is 25.8 Å². The summed E-state index contributed by atoms with van der Waals surface area (Å²) in [6, 6.07) is 6.76. The highest BCUT2D eigenvalue weighted by Gasteiger charge is 2.35. The van der Waals surface area contributed by atoms with Crippen LogP contribution in [0, 0.1) is 22.0 Å². The lowest BCUT2D eigenvalue weighted by Gasteiger charge is -2.39. The Bertz CT molecular complexity index is 1130. The number of aryl methyl sites for hydroxylation is 1. The predicted molar refractivity (Wildman–Crippen MR) is 129 cm³/mol. The van der Waals surface area contributed by atoms with Crippen molar-refractivity contribution in [3.05, 3.63) is 51.7 Å². The van der Waals surface area contributed by atoms with Crippen LogP contribution in [0.4, 0.5) is 0 Å². The zero-order valence-electron chi connectivity index (χ0n) is 19.5. The van der Waals surface area contributed by atoms with E-state index >= 15 is 0 Å². The van der Waals surface area contributed by atoms with Crippen LogP contribution >= 0.6 is 0 Å². The standard InChI is InChI=1S/C24H32N6O3/c1-15(6-5-9-26-24(25)27-30(32)33)10-22(31)16-11-19-18-7-4-8-20-23(18)17(14-28(20)2)12-21(19)29(3)13-16/h4,7-8,11,14-16,21H,5-6,9-10,12-13H2,1-3H3,(H3,25,26,27)/t15-,16-,21-/m1/s1. The van der Waals surface area contributed by atoms with Crippen molar-refractivity contribution in [1.82, 2.24) is 14.9 Å². The van der Waals surface area contributed by atoms with Gasteiger partial charge < -0.3 is 10.3 Å². The molecular formula is C24H32N6O3. The molecule has 0 saturated heterocycles. The van der Waals surface area contributed by atoms with Crippen molar-refractivity contribution in [1.29, 1.82) is 0 Å². The molecule has 33 heavy (non-hydrogen) atoms. The minimum absolute atomic E-state index is 0.109. The fraction of sp³-hybridized carbons (Fsp3) is 0.500. The number of rotatable bonds is 8. The Hall–Kier alpha value is -3.20. The Labute approximate surface area is 193 Å². The first-order chi connectivity index (χ1) is 15.7. The summed E-state index contributed by atoms with van der Waals surface area (Å²) in [5, 5.41) is 10.9. The number of aromatic nitrogens is 1. The summed E-state index contributed by atoms with van der Waals surface area (Å²) in [6.07, 6.45) is 7.49. The van der Waals surface area contributed by atoms with Crippen LogP contribution in [0.15, 0.2) is 35.5 Å². The van der Waals surface area contributed by atoms with Gasteiger partial charge in [-0.2, -0.15) is 0 Å². The number of carbonyl (C=O) groups is 1. The molecule has 9 nitrogen and oxygen atoms in total. The number of nitrogens with two attached hydrogens (primary N) is 1. The van der Waals surface area contributed by atoms with Crippen molar-refractivity contribution in [2.75, 3.05) is 20.1 Å². The van der Waals surface area contributed by atoms with Gasteiger partial charge in [0.1, 0.15) is 5.78 Å². The molecule has 0 unspecified atom stereocenters. The maximum Gasteiger partial charge on any atom is 0.251 e. The third-order valence-electron chi connectivity index (χ3n) is 6.88. The minimum Gasteiger partial charge on any atom is -0.365 e. The Morgan fingerprint density at radius 2 is 2.18 bits per heavy atom. The van der Waals surface area contributed by atoms with Crippen LogP contribution in [-0.2, 0) is 18.3 Å². The van der Waals surface area contributed by atoms with Gasteiger partial charge in [0.25, 0.3) is 5.96 Å². The number of likely N-dealkylation sites (N-methyl/N-ethyl adjacent to an activating group) is 1. The van der Waals surface area contributed by atoms with Crippen molar-refractivity contribution in [3.8, 4) is 0 Å². The van der Waals surface area contributed by atoms with Crippen LogP contribution in [-0.4, -0.2) is 52.4 Å². The number of ketones is 1. The quantitative estimate of drug-likeness (QED) is 0.209. The van der Waals surface area contributed by atoms with E-state index in [1.165, 1.54) is 27.6 Å². The van der Waals surface area contributed by atoms with Crippen molar-refractivity contribution in [2.45, 2.75) is 38.6 Å². The number of hydrogen-bond donors (Lipinski definition) is 2. The molecule has 2 heterocycles. The molecule has 1 aromatic carbocycles. The number of benzene rings is 1. The van der Waals surface area contributed by atoms with E-state index in [1.807, 2.05) is 5.43 Å². The Kier molecular flexibility index (Phi) is 6.51. The molecule has 4 rings (SSSR count). The van der Waals surface area contributed by atoms with Gasteiger partial charge in [0.05, 0.1) is 0 Å². The monoisotopic (exact) mass is 452 g/mol. The zero-order valence-corrected chi connectivity index (χ0v) is 19.5. The van der Waals surface area contributed by atoms with Crippen molar-refractivity contribution in [3.63, 3.8) is 0 Å². The van der Waals surface area contributed by atoms with E-state index in [-0.39, 0.29) is 23.6 Å². The molecule has 0 fully saturated rings. The predicted octanol–water partition coefficient (Wildman–Crippen LogP) is 2.52. The highest BCUT2D eigenvalue weighted by molar-refractivity contribution is 5.99. The first-order valence-corrected chi connectivity index (χ1v) is 11.5. The number of guanidine groups is 1. The average Bonchev–Trinajstić information content (AvgIpc) is 3.08. The summed E-state index contributed by atoms with van der Waals surface area (Å²) >= 11 is 0. The number of aliphatic imine (C=N–C) groups is 1. The fourth-order valence-corrected chi connectivity index (χ4v) is 5.29. The second-order valence-corrected chi connectivity index (χ2v) is 9.41. The first kappa shape index (κ1) is 23.0. The molecule has 2 aromatic rings. The number of nitrogens with zero attached hydrogens (tertiary/aromatic N) is 4. The number of hydrogen-bond acceptors (Lipinski definition) is 5. The van der Waals surface area contributed by atoms with Crippen LogP contribution in [0.1, 0.15) is 37.3 Å². The van der Waals surface area contributed by atoms with E-state index in [1.54, 1.807) is 0 Å². The third kappa shape index (κ3) is 4.78. The first-order valence-electron chi connectivity index (χ1n) is 11.5. The SMILES string of the molecule is C[C@H](CCCN=C(N)N[N+](=O)[O-])CC(=O)[C@@H]1C=C2c3cccc4c3c(cn4C)C[C@H]2N(C)C1. The normalized spacial score (nSPS) is 21.4. The molecular weight excluding hydrogens is 420 g/mol. The topological polar surface area (TPSA) is 119 Å². The maximum absolute atomic E-state index is 13.2. The number of nitrogens with one attached hydrogen (secondary N) is 1. The zero-order chi connectivity index (χ0) is 23.7. The van der Waals surface area contributed by atoms with Gasteiger partial charge in [-0.05, 0) is 55.0 Å². The second kappa shape index (κ2) is 9.35.